The Morgan fingerprint density at radius 2 is 1.58 bits per heavy atom. The quantitative estimate of drug-likeness (QED) is 0.667. The molecular formula is C19H26N4O3. The summed E-state index contributed by atoms with van der Waals surface area (Å²) in [6, 6.07) is 8.09. The van der Waals surface area contributed by atoms with Gasteiger partial charge in [0.15, 0.2) is 0 Å². The predicted octanol–water partition coefficient (Wildman–Crippen LogP) is -0.0822. The van der Waals surface area contributed by atoms with Crippen molar-refractivity contribution in [3.63, 3.8) is 0 Å². The van der Waals surface area contributed by atoms with Gasteiger partial charge < -0.3 is 10.2 Å². The average molecular weight is 358 g/mol. The van der Waals surface area contributed by atoms with Crippen LogP contribution in [0.25, 0.3) is 0 Å². The molecule has 0 radical (unpaired) electrons. The van der Waals surface area contributed by atoms with Crippen LogP contribution < -0.4 is 5.69 Å². The zero-order chi connectivity index (χ0) is 18.1. The number of β-amino-alcohol motifs (C(OH)–C–C–N with tert-alkyl or cyclic N) is 1. The average Bonchev–Trinajstić information content (AvgIpc) is 2.90. The zero-order valence-corrected chi connectivity index (χ0v) is 15.0. The topological polar surface area (TPSA) is 73.9 Å². The highest BCUT2D eigenvalue weighted by molar-refractivity contribution is 5.38. The van der Waals surface area contributed by atoms with Crippen molar-refractivity contribution in [1.29, 1.82) is 0 Å². The number of aliphatic hydroxyl groups is 1. The Morgan fingerprint density at radius 1 is 0.923 bits per heavy atom. The van der Waals surface area contributed by atoms with Gasteiger partial charge in [0, 0.05) is 52.2 Å². The van der Waals surface area contributed by atoms with Gasteiger partial charge in [-0.15, -0.1) is 0 Å². The number of nitrogens with zero attached hydrogens (tertiary/aromatic N) is 4. The second-order valence-electron chi connectivity index (χ2n) is 7.14. The molecule has 0 bridgehead atoms. The van der Waals surface area contributed by atoms with Gasteiger partial charge in [-0.3, -0.25) is 18.9 Å². The lowest BCUT2D eigenvalue weighted by Gasteiger charge is -2.34. The normalized spacial score (nSPS) is 17.9. The molecule has 26 heavy (non-hydrogen) atoms. The fourth-order valence-corrected chi connectivity index (χ4v) is 4.02. The van der Waals surface area contributed by atoms with Crippen molar-refractivity contribution in [2.75, 3.05) is 45.9 Å². The lowest BCUT2D eigenvalue weighted by atomic mass is 9.99. The summed E-state index contributed by atoms with van der Waals surface area (Å²) in [6.45, 7) is 6.42. The van der Waals surface area contributed by atoms with Crippen LogP contribution in [0.5, 0.6) is 5.88 Å². The second kappa shape index (κ2) is 7.26. The second-order valence-corrected chi connectivity index (χ2v) is 7.14. The molecule has 3 heterocycles. The summed E-state index contributed by atoms with van der Waals surface area (Å²) in [4.78, 5) is 17.3. The van der Waals surface area contributed by atoms with Crippen molar-refractivity contribution in [3.05, 3.63) is 51.6 Å². The van der Waals surface area contributed by atoms with Crippen molar-refractivity contribution < 1.29 is 10.2 Å². The molecule has 140 valence electrons. The lowest BCUT2D eigenvalue weighted by Crippen LogP contribution is -2.48. The van der Waals surface area contributed by atoms with Crippen molar-refractivity contribution in [2.24, 2.45) is 0 Å². The van der Waals surface area contributed by atoms with Crippen molar-refractivity contribution in [2.45, 2.75) is 19.5 Å². The third-order valence-electron chi connectivity index (χ3n) is 5.63. The van der Waals surface area contributed by atoms with Crippen LogP contribution in [-0.2, 0) is 19.5 Å². The van der Waals surface area contributed by atoms with Crippen LogP contribution in [-0.4, -0.2) is 75.0 Å². The fourth-order valence-electron chi connectivity index (χ4n) is 4.02. The Bertz CT molecular complexity index is 834. The molecular weight excluding hydrogens is 332 g/mol. The molecule has 0 spiro atoms. The minimum Gasteiger partial charge on any atom is -0.493 e. The number of hydrogen-bond acceptors (Lipinski definition) is 5. The van der Waals surface area contributed by atoms with Gasteiger partial charge in [0.05, 0.1) is 18.8 Å². The molecule has 0 amide bonds. The number of hydrogen-bond donors (Lipinski definition) is 2. The van der Waals surface area contributed by atoms with Crippen LogP contribution in [0.4, 0.5) is 0 Å². The largest absolute Gasteiger partial charge is 0.493 e. The molecule has 1 aromatic heterocycles. The van der Waals surface area contributed by atoms with Crippen LogP contribution >= 0.6 is 0 Å². The number of aromatic hydroxyl groups is 1. The van der Waals surface area contributed by atoms with Gasteiger partial charge in [-0.25, -0.2) is 4.79 Å². The van der Waals surface area contributed by atoms with Gasteiger partial charge in [-0.05, 0) is 11.1 Å². The van der Waals surface area contributed by atoms with E-state index in [0.29, 0.717) is 19.5 Å². The number of piperazine rings is 1. The fraction of sp³-hybridized carbons (Fsp3) is 0.526. The van der Waals surface area contributed by atoms with Crippen molar-refractivity contribution in [3.8, 4) is 5.88 Å². The zero-order valence-electron chi connectivity index (χ0n) is 15.0. The van der Waals surface area contributed by atoms with Crippen LogP contribution in [0.15, 0.2) is 29.1 Å². The molecule has 4 rings (SSSR count). The highest BCUT2D eigenvalue weighted by Gasteiger charge is 2.25. The maximum Gasteiger partial charge on any atom is 0.331 e. The number of imidazole rings is 1. The first-order chi connectivity index (χ1) is 12.7. The Labute approximate surface area is 152 Å². The van der Waals surface area contributed by atoms with Gasteiger partial charge in [-0.1, -0.05) is 24.3 Å². The standard InChI is InChI=1S/C19H26N4O3/c24-12-11-21-7-5-20(6-8-21)9-10-22-18(25)17-13-15-3-1-2-4-16(15)14-23(17)19(22)26/h1-4,24-25H,5-14H2. The summed E-state index contributed by atoms with van der Waals surface area (Å²) in [6.07, 6.45) is 0.601. The van der Waals surface area contributed by atoms with Crippen LogP contribution in [0.2, 0.25) is 0 Å². The molecule has 7 nitrogen and oxygen atoms in total. The molecule has 0 atom stereocenters. The Kier molecular flexibility index (Phi) is 4.84. The third-order valence-corrected chi connectivity index (χ3v) is 5.63. The predicted molar refractivity (Wildman–Crippen MR) is 98.7 cm³/mol. The van der Waals surface area contributed by atoms with Crippen molar-refractivity contribution in [1.82, 2.24) is 18.9 Å². The minimum atomic E-state index is -0.120. The molecule has 2 aliphatic rings. The highest BCUT2D eigenvalue weighted by Crippen LogP contribution is 2.27. The molecule has 0 aliphatic carbocycles. The third kappa shape index (κ3) is 3.18. The highest BCUT2D eigenvalue weighted by atomic mass is 16.3. The smallest absolute Gasteiger partial charge is 0.331 e. The van der Waals surface area contributed by atoms with E-state index in [2.05, 4.69) is 15.9 Å². The van der Waals surface area contributed by atoms with E-state index in [0.717, 1.165) is 50.5 Å². The summed E-state index contributed by atoms with van der Waals surface area (Å²) in [7, 11) is 0. The molecule has 2 aromatic rings. The number of fused-ring (bicyclic) bond motifs is 2. The molecule has 0 unspecified atom stereocenters. The molecule has 1 aromatic carbocycles. The maximum atomic E-state index is 12.8. The monoisotopic (exact) mass is 358 g/mol. The van der Waals surface area contributed by atoms with Crippen LogP contribution in [0.3, 0.4) is 0 Å². The Hall–Kier alpha value is -2.09. The molecule has 2 aliphatic heterocycles. The van der Waals surface area contributed by atoms with E-state index in [1.807, 2.05) is 18.2 Å². The van der Waals surface area contributed by atoms with Crippen molar-refractivity contribution >= 4 is 0 Å². The summed E-state index contributed by atoms with van der Waals surface area (Å²) in [5, 5.41) is 19.6. The van der Waals surface area contributed by atoms with Gasteiger partial charge in [0.25, 0.3) is 0 Å². The SMILES string of the molecule is O=c1n(CCN2CCN(CCO)CC2)c(O)c2n1Cc1ccccc1C2. The van der Waals surface area contributed by atoms with E-state index in [1.165, 1.54) is 10.1 Å². The first-order valence-corrected chi connectivity index (χ1v) is 9.31. The summed E-state index contributed by atoms with van der Waals surface area (Å²) >= 11 is 0. The van der Waals surface area contributed by atoms with Crippen LogP contribution in [0, 0.1) is 0 Å². The minimum absolute atomic E-state index is 0.114. The van der Waals surface area contributed by atoms with E-state index < -0.39 is 0 Å². The van der Waals surface area contributed by atoms with E-state index in [4.69, 9.17) is 5.11 Å². The first kappa shape index (κ1) is 17.3. The summed E-state index contributed by atoms with van der Waals surface area (Å²) < 4.78 is 3.22. The molecule has 1 fully saturated rings. The number of benzene rings is 1. The van der Waals surface area contributed by atoms with Gasteiger partial charge in [0.1, 0.15) is 0 Å². The van der Waals surface area contributed by atoms with E-state index in [-0.39, 0.29) is 18.2 Å². The summed E-state index contributed by atoms with van der Waals surface area (Å²) in [5.41, 5.74) is 2.94. The molecule has 7 heteroatoms. The molecule has 0 saturated carbocycles. The van der Waals surface area contributed by atoms with E-state index in [1.54, 1.807) is 4.57 Å². The Balaban J connectivity index is 1.45. The number of rotatable bonds is 5. The summed E-state index contributed by atoms with van der Waals surface area (Å²) in [5.74, 6) is 0.114. The molecule has 1 saturated heterocycles. The van der Waals surface area contributed by atoms with E-state index >= 15 is 0 Å². The first-order valence-electron chi connectivity index (χ1n) is 9.31. The number of aromatic nitrogens is 2. The van der Waals surface area contributed by atoms with Gasteiger partial charge >= 0.3 is 5.69 Å². The van der Waals surface area contributed by atoms with Gasteiger partial charge in [0.2, 0.25) is 5.88 Å². The van der Waals surface area contributed by atoms with Gasteiger partial charge in [-0.2, -0.15) is 0 Å². The van der Waals surface area contributed by atoms with E-state index in [9.17, 15) is 9.90 Å². The lowest BCUT2D eigenvalue weighted by molar-refractivity contribution is 0.109. The maximum absolute atomic E-state index is 12.8. The Morgan fingerprint density at radius 3 is 2.27 bits per heavy atom. The number of aliphatic hydroxyl groups excluding tert-OH is 1. The van der Waals surface area contributed by atoms with Crippen LogP contribution in [0.1, 0.15) is 16.8 Å². The molecule has 2 N–H and O–H groups in total.